The number of pyridine rings is 1. The third-order valence-corrected chi connectivity index (χ3v) is 4.98. The second-order valence-corrected chi connectivity index (χ2v) is 7.25. The Morgan fingerprint density at radius 1 is 1.33 bits per heavy atom. The molecule has 0 bridgehead atoms. The number of nitrogens with zero attached hydrogens (tertiary/aromatic N) is 3. The molecule has 0 radical (unpaired) electrons. The van der Waals surface area contributed by atoms with E-state index in [1.165, 1.54) is 19.2 Å². The molecule has 2 aromatic rings. The van der Waals surface area contributed by atoms with Crippen LogP contribution in [0.15, 0.2) is 47.6 Å². The van der Waals surface area contributed by atoms with Gasteiger partial charge in [0.1, 0.15) is 11.6 Å². The maximum Gasteiger partial charge on any atom is 0.310 e. The van der Waals surface area contributed by atoms with E-state index >= 15 is 0 Å². The molecule has 1 aliphatic heterocycles. The molecule has 7 nitrogen and oxygen atoms in total. The van der Waals surface area contributed by atoms with E-state index in [2.05, 4.69) is 15.2 Å². The average molecular weight is 414 g/mol. The lowest BCUT2D eigenvalue weighted by molar-refractivity contribution is -0.145. The number of guanidine groups is 1. The van der Waals surface area contributed by atoms with Gasteiger partial charge in [-0.25, -0.2) is 14.4 Å². The van der Waals surface area contributed by atoms with E-state index in [0.29, 0.717) is 24.7 Å². The SMILES string of the molecule is CCNC(=NCc1ccc(Oc2cccc(F)c2)nc1)N1CC(C)C(C(=O)OC)C1. The van der Waals surface area contributed by atoms with Crippen molar-refractivity contribution < 1.29 is 18.7 Å². The first-order valence-corrected chi connectivity index (χ1v) is 9.99. The van der Waals surface area contributed by atoms with Crippen molar-refractivity contribution in [2.45, 2.75) is 20.4 Å². The Morgan fingerprint density at radius 2 is 2.17 bits per heavy atom. The zero-order valence-electron chi connectivity index (χ0n) is 17.5. The topological polar surface area (TPSA) is 76.1 Å². The predicted molar refractivity (Wildman–Crippen MR) is 112 cm³/mol. The Morgan fingerprint density at radius 3 is 2.83 bits per heavy atom. The van der Waals surface area contributed by atoms with Gasteiger partial charge in [0.15, 0.2) is 5.96 Å². The molecular formula is C22H27FN4O3. The molecule has 2 heterocycles. The molecule has 1 aromatic heterocycles. The first-order chi connectivity index (χ1) is 14.5. The number of carbonyl (C=O) groups excluding carboxylic acids is 1. The highest BCUT2D eigenvalue weighted by atomic mass is 19.1. The minimum atomic E-state index is -0.361. The van der Waals surface area contributed by atoms with Crippen LogP contribution in [0.5, 0.6) is 11.6 Å². The van der Waals surface area contributed by atoms with Gasteiger partial charge in [-0.2, -0.15) is 0 Å². The highest BCUT2D eigenvalue weighted by Gasteiger charge is 2.36. The molecule has 2 atom stereocenters. The van der Waals surface area contributed by atoms with Crippen LogP contribution >= 0.6 is 0 Å². The van der Waals surface area contributed by atoms with Crippen molar-refractivity contribution in [1.82, 2.24) is 15.2 Å². The van der Waals surface area contributed by atoms with Crippen molar-refractivity contribution >= 4 is 11.9 Å². The first-order valence-electron chi connectivity index (χ1n) is 9.99. The zero-order chi connectivity index (χ0) is 21.5. The largest absolute Gasteiger partial charge is 0.469 e. The highest BCUT2D eigenvalue weighted by molar-refractivity contribution is 5.82. The van der Waals surface area contributed by atoms with Crippen LogP contribution in [0.4, 0.5) is 4.39 Å². The summed E-state index contributed by atoms with van der Waals surface area (Å²) in [5.41, 5.74) is 0.911. The normalized spacial score (nSPS) is 18.9. The molecule has 1 aliphatic rings. The number of ether oxygens (including phenoxy) is 2. The lowest BCUT2D eigenvalue weighted by Crippen LogP contribution is -2.40. The molecule has 1 fully saturated rings. The smallest absolute Gasteiger partial charge is 0.310 e. The molecule has 0 saturated carbocycles. The van der Waals surface area contributed by atoms with Crippen molar-refractivity contribution in [3.8, 4) is 11.6 Å². The molecule has 2 unspecified atom stereocenters. The average Bonchev–Trinajstić information content (AvgIpc) is 3.13. The summed E-state index contributed by atoms with van der Waals surface area (Å²) >= 11 is 0. The lowest BCUT2D eigenvalue weighted by atomic mass is 9.99. The number of nitrogens with one attached hydrogen (secondary N) is 1. The van der Waals surface area contributed by atoms with E-state index in [1.54, 1.807) is 24.4 Å². The van der Waals surface area contributed by atoms with Crippen molar-refractivity contribution in [3.05, 3.63) is 54.0 Å². The van der Waals surface area contributed by atoms with E-state index in [4.69, 9.17) is 14.5 Å². The Hall–Kier alpha value is -3.16. The number of halogens is 1. The van der Waals surface area contributed by atoms with Gasteiger partial charge in [-0.1, -0.05) is 19.1 Å². The molecule has 30 heavy (non-hydrogen) atoms. The summed E-state index contributed by atoms with van der Waals surface area (Å²) in [5.74, 6) is 1.04. The summed E-state index contributed by atoms with van der Waals surface area (Å²) in [6, 6.07) is 9.52. The Labute approximate surface area is 175 Å². The first kappa shape index (κ1) is 21.5. The molecule has 1 N–H and O–H groups in total. The molecule has 8 heteroatoms. The van der Waals surface area contributed by atoms with Crippen LogP contribution in [0.2, 0.25) is 0 Å². The molecule has 0 aliphatic carbocycles. The number of hydrogen-bond donors (Lipinski definition) is 1. The fourth-order valence-electron chi connectivity index (χ4n) is 3.41. The molecule has 1 saturated heterocycles. The number of aromatic nitrogens is 1. The van der Waals surface area contributed by atoms with Gasteiger partial charge in [-0.05, 0) is 30.5 Å². The number of rotatable bonds is 6. The van der Waals surface area contributed by atoms with Crippen LogP contribution in [-0.4, -0.2) is 48.6 Å². The summed E-state index contributed by atoms with van der Waals surface area (Å²) in [4.78, 5) is 23.0. The predicted octanol–water partition coefficient (Wildman–Crippen LogP) is 3.22. The number of benzene rings is 1. The minimum Gasteiger partial charge on any atom is -0.469 e. The number of esters is 1. The van der Waals surface area contributed by atoms with E-state index in [-0.39, 0.29) is 23.6 Å². The van der Waals surface area contributed by atoms with E-state index < -0.39 is 0 Å². The van der Waals surface area contributed by atoms with Crippen LogP contribution in [0, 0.1) is 17.7 Å². The zero-order valence-corrected chi connectivity index (χ0v) is 17.5. The number of hydrogen-bond acceptors (Lipinski definition) is 5. The highest BCUT2D eigenvalue weighted by Crippen LogP contribution is 2.24. The van der Waals surface area contributed by atoms with Crippen LogP contribution in [0.1, 0.15) is 19.4 Å². The van der Waals surface area contributed by atoms with Crippen LogP contribution in [-0.2, 0) is 16.1 Å². The van der Waals surface area contributed by atoms with Crippen LogP contribution in [0.25, 0.3) is 0 Å². The summed E-state index contributed by atoms with van der Waals surface area (Å²) in [7, 11) is 1.42. The fraction of sp³-hybridized carbons (Fsp3) is 0.409. The Balaban J connectivity index is 1.64. The number of aliphatic imine (C=N–C) groups is 1. The summed E-state index contributed by atoms with van der Waals surface area (Å²) < 4.78 is 23.7. The van der Waals surface area contributed by atoms with E-state index in [1.807, 2.05) is 19.9 Å². The summed E-state index contributed by atoms with van der Waals surface area (Å²) in [6.07, 6.45) is 1.69. The van der Waals surface area contributed by atoms with Crippen molar-refractivity contribution in [1.29, 1.82) is 0 Å². The lowest BCUT2D eigenvalue weighted by Gasteiger charge is -2.21. The number of carbonyl (C=O) groups is 1. The van der Waals surface area contributed by atoms with Gasteiger partial charge in [-0.15, -0.1) is 0 Å². The summed E-state index contributed by atoms with van der Waals surface area (Å²) in [5, 5.41) is 3.29. The number of likely N-dealkylation sites (tertiary alicyclic amines) is 1. The van der Waals surface area contributed by atoms with Gasteiger partial charge in [0, 0.05) is 38.0 Å². The van der Waals surface area contributed by atoms with Gasteiger partial charge in [0.25, 0.3) is 0 Å². The fourth-order valence-corrected chi connectivity index (χ4v) is 3.41. The standard InChI is InChI=1S/C22H27FN4O3/c1-4-24-22(27-13-15(2)19(14-27)21(28)29-3)26-12-16-8-9-20(25-11-16)30-18-7-5-6-17(23)10-18/h5-11,15,19H,4,12-14H2,1-3H3,(H,24,26). The second-order valence-electron chi connectivity index (χ2n) is 7.25. The second kappa shape index (κ2) is 10.0. The molecular weight excluding hydrogens is 387 g/mol. The Bertz CT molecular complexity index is 888. The number of methoxy groups -OCH3 is 1. The molecule has 160 valence electrons. The minimum absolute atomic E-state index is 0.153. The maximum atomic E-state index is 13.3. The van der Waals surface area contributed by atoms with Gasteiger partial charge in [-0.3, -0.25) is 4.79 Å². The van der Waals surface area contributed by atoms with Gasteiger partial charge in [0.05, 0.1) is 19.6 Å². The van der Waals surface area contributed by atoms with Gasteiger partial charge < -0.3 is 19.7 Å². The third-order valence-electron chi connectivity index (χ3n) is 4.98. The van der Waals surface area contributed by atoms with Crippen LogP contribution < -0.4 is 10.1 Å². The quantitative estimate of drug-likeness (QED) is 0.444. The monoisotopic (exact) mass is 414 g/mol. The van der Waals surface area contributed by atoms with Crippen LogP contribution in [0.3, 0.4) is 0 Å². The third kappa shape index (κ3) is 5.46. The van der Waals surface area contributed by atoms with Gasteiger partial charge >= 0.3 is 5.97 Å². The van der Waals surface area contributed by atoms with Crippen molar-refractivity contribution in [3.63, 3.8) is 0 Å². The molecule has 3 rings (SSSR count). The molecule has 0 amide bonds. The van der Waals surface area contributed by atoms with Gasteiger partial charge in [0.2, 0.25) is 5.88 Å². The molecule has 1 aromatic carbocycles. The van der Waals surface area contributed by atoms with E-state index in [9.17, 15) is 9.18 Å². The van der Waals surface area contributed by atoms with Crippen molar-refractivity contribution in [2.24, 2.45) is 16.8 Å². The Kier molecular flexibility index (Phi) is 7.21. The van der Waals surface area contributed by atoms with E-state index in [0.717, 1.165) is 24.6 Å². The van der Waals surface area contributed by atoms with Crippen molar-refractivity contribution in [2.75, 3.05) is 26.7 Å². The summed E-state index contributed by atoms with van der Waals surface area (Å²) in [6.45, 7) is 6.54. The molecule has 0 spiro atoms. The maximum absolute atomic E-state index is 13.3.